The Morgan fingerprint density at radius 3 is 2.83 bits per heavy atom. The molecular formula is C15H21NO2. The third-order valence-corrected chi connectivity index (χ3v) is 2.84. The van der Waals surface area contributed by atoms with Gasteiger partial charge in [0.2, 0.25) is 0 Å². The van der Waals surface area contributed by atoms with Crippen molar-refractivity contribution in [3.05, 3.63) is 29.3 Å². The van der Waals surface area contributed by atoms with Crippen molar-refractivity contribution < 1.29 is 9.47 Å². The lowest BCUT2D eigenvalue weighted by molar-refractivity contribution is 0.297. The normalized spacial score (nSPS) is 15.3. The van der Waals surface area contributed by atoms with Crippen LogP contribution in [0.25, 0.3) is 6.08 Å². The number of rotatable bonds is 4. The molecule has 0 amide bonds. The molecule has 1 N–H and O–H groups in total. The molecule has 0 unspecified atom stereocenters. The first-order valence-electron chi connectivity index (χ1n) is 6.57. The van der Waals surface area contributed by atoms with Crippen LogP contribution in [0.3, 0.4) is 0 Å². The van der Waals surface area contributed by atoms with E-state index in [1.165, 1.54) is 5.57 Å². The van der Waals surface area contributed by atoms with Gasteiger partial charge in [-0.15, -0.1) is 0 Å². The Labute approximate surface area is 109 Å². The molecule has 1 aliphatic heterocycles. The summed E-state index contributed by atoms with van der Waals surface area (Å²) in [5.41, 5.74) is 2.47. The highest BCUT2D eigenvalue weighted by Gasteiger charge is 2.09. The first-order valence-corrected chi connectivity index (χ1v) is 6.57. The molecule has 0 bridgehead atoms. The molecular weight excluding hydrogens is 226 g/mol. The van der Waals surface area contributed by atoms with Gasteiger partial charge in [0.05, 0.1) is 13.2 Å². The van der Waals surface area contributed by atoms with Crippen molar-refractivity contribution in [3.8, 4) is 11.5 Å². The maximum absolute atomic E-state index is 5.68. The highest BCUT2D eigenvalue weighted by molar-refractivity contribution is 5.58. The van der Waals surface area contributed by atoms with E-state index in [1.54, 1.807) is 0 Å². The van der Waals surface area contributed by atoms with Crippen LogP contribution in [-0.4, -0.2) is 26.3 Å². The van der Waals surface area contributed by atoms with Crippen LogP contribution in [0, 0.1) is 0 Å². The van der Waals surface area contributed by atoms with Crippen molar-refractivity contribution >= 4 is 6.08 Å². The Bertz CT molecular complexity index is 427. The summed E-state index contributed by atoms with van der Waals surface area (Å²) in [5, 5.41) is 3.32. The van der Waals surface area contributed by atoms with Crippen LogP contribution in [0.5, 0.6) is 11.5 Å². The highest BCUT2D eigenvalue weighted by atomic mass is 16.5. The molecule has 0 saturated carbocycles. The first kappa shape index (κ1) is 13.0. The van der Waals surface area contributed by atoms with Gasteiger partial charge in [-0.3, -0.25) is 0 Å². The van der Waals surface area contributed by atoms with Gasteiger partial charge >= 0.3 is 0 Å². The first-order chi connectivity index (χ1) is 8.79. The molecule has 0 radical (unpaired) electrons. The van der Waals surface area contributed by atoms with E-state index >= 15 is 0 Å². The average Bonchev–Trinajstić information content (AvgIpc) is 2.61. The molecule has 0 aliphatic carbocycles. The largest absolute Gasteiger partial charge is 0.490 e. The van der Waals surface area contributed by atoms with Gasteiger partial charge in [0, 0.05) is 13.0 Å². The number of hydrogen-bond donors (Lipinski definition) is 1. The van der Waals surface area contributed by atoms with E-state index in [0.717, 1.165) is 49.8 Å². The van der Waals surface area contributed by atoms with E-state index in [4.69, 9.17) is 9.47 Å². The Hall–Kier alpha value is -1.48. The Morgan fingerprint density at radius 1 is 1.28 bits per heavy atom. The summed E-state index contributed by atoms with van der Waals surface area (Å²) < 4.78 is 11.3. The van der Waals surface area contributed by atoms with Crippen molar-refractivity contribution in [3.63, 3.8) is 0 Å². The van der Waals surface area contributed by atoms with Crippen LogP contribution < -0.4 is 14.8 Å². The number of likely N-dealkylation sites (N-methyl/N-ethyl adjacent to an activating group) is 1. The van der Waals surface area contributed by atoms with E-state index in [2.05, 4.69) is 37.4 Å². The molecule has 0 saturated heterocycles. The maximum atomic E-state index is 5.68. The van der Waals surface area contributed by atoms with Crippen LogP contribution in [-0.2, 0) is 0 Å². The molecule has 1 heterocycles. The Morgan fingerprint density at radius 2 is 2.06 bits per heavy atom. The second-order valence-electron chi connectivity index (χ2n) is 4.53. The van der Waals surface area contributed by atoms with Gasteiger partial charge < -0.3 is 14.8 Å². The van der Waals surface area contributed by atoms with E-state index < -0.39 is 0 Å². The number of fused-ring (bicyclic) bond motifs is 1. The van der Waals surface area contributed by atoms with Gasteiger partial charge in [0.1, 0.15) is 0 Å². The van der Waals surface area contributed by atoms with E-state index in [0.29, 0.717) is 0 Å². The molecule has 98 valence electrons. The fourth-order valence-electron chi connectivity index (χ4n) is 1.93. The summed E-state index contributed by atoms with van der Waals surface area (Å²) in [6, 6.07) is 6.12. The number of nitrogens with one attached hydrogen (secondary N) is 1. The summed E-state index contributed by atoms with van der Waals surface area (Å²) in [7, 11) is 0. The third kappa shape index (κ3) is 3.50. The minimum Gasteiger partial charge on any atom is -0.490 e. The second kappa shape index (κ2) is 6.45. The smallest absolute Gasteiger partial charge is 0.161 e. The molecule has 0 aromatic heterocycles. The summed E-state index contributed by atoms with van der Waals surface area (Å²) in [6.07, 6.45) is 3.12. The molecule has 2 rings (SSSR count). The summed E-state index contributed by atoms with van der Waals surface area (Å²) in [5.74, 6) is 1.71. The van der Waals surface area contributed by atoms with Crippen molar-refractivity contribution in [2.24, 2.45) is 0 Å². The predicted molar refractivity (Wildman–Crippen MR) is 74.2 cm³/mol. The minimum absolute atomic E-state index is 0.733. The summed E-state index contributed by atoms with van der Waals surface area (Å²) >= 11 is 0. The molecule has 0 atom stereocenters. The van der Waals surface area contributed by atoms with Crippen molar-refractivity contribution in [1.82, 2.24) is 5.32 Å². The topological polar surface area (TPSA) is 30.5 Å². The highest BCUT2D eigenvalue weighted by Crippen LogP contribution is 2.30. The quantitative estimate of drug-likeness (QED) is 0.887. The molecule has 1 aliphatic rings. The zero-order valence-corrected chi connectivity index (χ0v) is 11.2. The molecule has 0 fully saturated rings. The standard InChI is InChI=1S/C15H21NO2/c1-3-16-11-12(2)9-13-5-6-14-15(10-13)18-8-4-7-17-14/h5-6,9-10,16H,3-4,7-8,11H2,1-2H3. The van der Waals surface area contributed by atoms with Crippen LogP contribution >= 0.6 is 0 Å². The molecule has 3 heteroatoms. The van der Waals surface area contributed by atoms with E-state index in [1.807, 2.05) is 6.07 Å². The van der Waals surface area contributed by atoms with Crippen molar-refractivity contribution in [1.29, 1.82) is 0 Å². The number of hydrogen-bond acceptors (Lipinski definition) is 3. The lowest BCUT2D eigenvalue weighted by Crippen LogP contribution is -2.14. The van der Waals surface area contributed by atoms with Gasteiger partial charge in [-0.1, -0.05) is 24.6 Å². The average molecular weight is 247 g/mol. The summed E-state index contributed by atoms with van der Waals surface area (Å²) in [4.78, 5) is 0. The number of ether oxygens (including phenoxy) is 2. The van der Waals surface area contributed by atoms with Crippen molar-refractivity contribution in [2.75, 3.05) is 26.3 Å². The number of benzene rings is 1. The van der Waals surface area contributed by atoms with Gasteiger partial charge in [-0.2, -0.15) is 0 Å². The van der Waals surface area contributed by atoms with Gasteiger partial charge in [0.15, 0.2) is 11.5 Å². The van der Waals surface area contributed by atoms with Crippen LogP contribution in [0.1, 0.15) is 25.8 Å². The van der Waals surface area contributed by atoms with E-state index in [9.17, 15) is 0 Å². The third-order valence-electron chi connectivity index (χ3n) is 2.84. The molecule has 1 aromatic rings. The zero-order valence-electron chi connectivity index (χ0n) is 11.2. The van der Waals surface area contributed by atoms with Crippen LogP contribution in [0.4, 0.5) is 0 Å². The fourth-order valence-corrected chi connectivity index (χ4v) is 1.93. The van der Waals surface area contributed by atoms with Crippen LogP contribution in [0.15, 0.2) is 23.8 Å². The van der Waals surface area contributed by atoms with Crippen LogP contribution in [0.2, 0.25) is 0 Å². The predicted octanol–water partition coefficient (Wildman–Crippen LogP) is 2.86. The van der Waals surface area contributed by atoms with Gasteiger partial charge in [-0.05, 0) is 31.2 Å². The monoisotopic (exact) mass is 247 g/mol. The second-order valence-corrected chi connectivity index (χ2v) is 4.53. The van der Waals surface area contributed by atoms with E-state index in [-0.39, 0.29) is 0 Å². The molecule has 1 aromatic carbocycles. The minimum atomic E-state index is 0.733. The summed E-state index contributed by atoms with van der Waals surface area (Å²) in [6.45, 7) is 7.63. The Balaban J connectivity index is 2.12. The Kier molecular flexibility index (Phi) is 4.65. The fraction of sp³-hybridized carbons (Fsp3) is 0.467. The lowest BCUT2D eigenvalue weighted by Gasteiger charge is -2.08. The van der Waals surface area contributed by atoms with Gasteiger partial charge in [-0.25, -0.2) is 0 Å². The zero-order chi connectivity index (χ0) is 12.8. The molecule has 18 heavy (non-hydrogen) atoms. The molecule has 0 spiro atoms. The van der Waals surface area contributed by atoms with Gasteiger partial charge in [0.25, 0.3) is 0 Å². The lowest BCUT2D eigenvalue weighted by atomic mass is 10.1. The SMILES string of the molecule is CCNCC(C)=Cc1ccc2c(c1)OCCCO2. The maximum Gasteiger partial charge on any atom is 0.161 e. The van der Waals surface area contributed by atoms with Crippen molar-refractivity contribution in [2.45, 2.75) is 20.3 Å². The molecule has 3 nitrogen and oxygen atoms in total.